The van der Waals surface area contributed by atoms with Crippen molar-refractivity contribution in [3.63, 3.8) is 0 Å². The van der Waals surface area contributed by atoms with E-state index >= 15 is 0 Å². The lowest BCUT2D eigenvalue weighted by molar-refractivity contribution is 0.102. The molecule has 1 aromatic heterocycles. The number of nitrogens with one attached hydrogen (secondary N) is 1. The molecule has 2 aromatic carbocycles. The van der Waals surface area contributed by atoms with Crippen LogP contribution in [0.3, 0.4) is 0 Å². The maximum atomic E-state index is 12.6. The van der Waals surface area contributed by atoms with Gasteiger partial charge in [-0.2, -0.15) is 0 Å². The van der Waals surface area contributed by atoms with Crippen LogP contribution in [0.1, 0.15) is 21.5 Å². The summed E-state index contributed by atoms with van der Waals surface area (Å²) in [6.45, 7) is 0.993. The Morgan fingerprint density at radius 1 is 1.11 bits per heavy atom. The van der Waals surface area contributed by atoms with Crippen LogP contribution < -0.4 is 10.9 Å². The average molecular weight is 378 g/mol. The molecule has 0 fully saturated rings. The number of rotatable bonds is 2. The van der Waals surface area contributed by atoms with Gasteiger partial charge in [0.15, 0.2) is 0 Å². The Bertz CT molecular complexity index is 1140. The largest absolute Gasteiger partial charge is 0.453 e. The SMILES string of the molecule is COC(=O)N1CCc2ccc(NC(=O)c3cc4ccccc4oc3=O)cc2C1. The summed E-state index contributed by atoms with van der Waals surface area (Å²) in [7, 11) is 1.35. The molecule has 3 aromatic rings. The predicted octanol–water partition coefficient (Wildman–Crippen LogP) is 3.17. The number of fused-ring (bicyclic) bond motifs is 2. The number of para-hydroxylation sites is 1. The van der Waals surface area contributed by atoms with Crippen molar-refractivity contribution in [1.82, 2.24) is 4.90 Å². The van der Waals surface area contributed by atoms with E-state index in [1.165, 1.54) is 13.2 Å². The third-order valence-corrected chi connectivity index (χ3v) is 4.80. The lowest BCUT2D eigenvalue weighted by Gasteiger charge is -2.28. The van der Waals surface area contributed by atoms with Gasteiger partial charge in [0.2, 0.25) is 0 Å². The highest BCUT2D eigenvalue weighted by molar-refractivity contribution is 6.05. The molecule has 4 rings (SSSR count). The van der Waals surface area contributed by atoms with Crippen molar-refractivity contribution < 1.29 is 18.7 Å². The molecule has 142 valence electrons. The van der Waals surface area contributed by atoms with E-state index in [9.17, 15) is 14.4 Å². The highest BCUT2D eigenvalue weighted by Crippen LogP contribution is 2.23. The van der Waals surface area contributed by atoms with Gasteiger partial charge >= 0.3 is 11.7 Å². The van der Waals surface area contributed by atoms with E-state index < -0.39 is 11.5 Å². The van der Waals surface area contributed by atoms with Gasteiger partial charge in [-0.05, 0) is 41.8 Å². The number of carbonyl (C=O) groups is 2. The molecule has 1 aliphatic rings. The van der Waals surface area contributed by atoms with E-state index in [0.29, 0.717) is 36.2 Å². The van der Waals surface area contributed by atoms with Crippen LogP contribution in [0.15, 0.2) is 57.7 Å². The molecule has 0 atom stereocenters. The van der Waals surface area contributed by atoms with Gasteiger partial charge in [0, 0.05) is 24.2 Å². The molecule has 0 bridgehead atoms. The Hall–Kier alpha value is -3.61. The van der Waals surface area contributed by atoms with Crippen LogP contribution in [0.2, 0.25) is 0 Å². The molecule has 0 radical (unpaired) electrons. The third kappa shape index (κ3) is 3.34. The molecule has 7 heteroatoms. The standard InChI is InChI=1S/C21H18N2O5/c1-27-21(26)23-9-8-13-6-7-16(10-15(13)12-23)22-19(24)17-11-14-4-2-3-5-18(14)28-20(17)25/h2-7,10-11H,8-9,12H2,1H3,(H,22,24). The fraction of sp³-hybridized carbons (Fsp3) is 0.190. The Morgan fingerprint density at radius 2 is 1.93 bits per heavy atom. The van der Waals surface area contributed by atoms with Crippen molar-refractivity contribution in [2.24, 2.45) is 0 Å². The van der Waals surface area contributed by atoms with Crippen LogP contribution in [0.5, 0.6) is 0 Å². The third-order valence-electron chi connectivity index (χ3n) is 4.80. The molecule has 7 nitrogen and oxygen atoms in total. The maximum Gasteiger partial charge on any atom is 0.409 e. The van der Waals surface area contributed by atoms with Crippen LogP contribution in [-0.2, 0) is 17.7 Å². The molecule has 2 amide bonds. The van der Waals surface area contributed by atoms with Crippen LogP contribution in [-0.4, -0.2) is 30.6 Å². The van der Waals surface area contributed by atoms with E-state index in [4.69, 9.17) is 9.15 Å². The Balaban J connectivity index is 1.58. The van der Waals surface area contributed by atoms with Crippen molar-refractivity contribution in [2.75, 3.05) is 19.0 Å². The molecule has 0 unspecified atom stereocenters. The van der Waals surface area contributed by atoms with Crippen molar-refractivity contribution in [3.05, 3.63) is 75.6 Å². The highest BCUT2D eigenvalue weighted by Gasteiger charge is 2.22. The second-order valence-corrected chi connectivity index (χ2v) is 6.56. The van der Waals surface area contributed by atoms with Gasteiger partial charge in [-0.3, -0.25) is 4.79 Å². The molecule has 0 aliphatic carbocycles. The van der Waals surface area contributed by atoms with Crippen molar-refractivity contribution in [2.45, 2.75) is 13.0 Å². The van der Waals surface area contributed by atoms with Gasteiger partial charge in [0.25, 0.3) is 5.91 Å². The number of carbonyl (C=O) groups excluding carboxylic acids is 2. The molecular weight excluding hydrogens is 360 g/mol. The number of ether oxygens (including phenoxy) is 1. The summed E-state index contributed by atoms with van der Waals surface area (Å²) >= 11 is 0. The van der Waals surface area contributed by atoms with E-state index in [2.05, 4.69) is 5.32 Å². The number of anilines is 1. The molecule has 2 heterocycles. The van der Waals surface area contributed by atoms with Crippen molar-refractivity contribution >= 4 is 28.7 Å². The normalized spacial score (nSPS) is 13.1. The summed E-state index contributed by atoms with van der Waals surface area (Å²) < 4.78 is 10.00. The molecule has 0 saturated heterocycles. The lowest BCUT2D eigenvalue weighted by atomic mass is 9.99. The summed E-state index contributed by atoms with van der Waals surface area (Å²) in [5.41, 5.74) is 2.27. The number of benzene rings is 2. The van der Waals surface area contributed by atoms with Crippen LogP contribution in [0.4, 0.5) is 10.5 Å². The molecule has 0 saturated carbocycles. The zero-order valence-electron chi connectivity index (χ0n) is 15.2. The summed E-state index contributed by atoms with van der Waals surface area (Å²) in [5.74, 6) is -0.542. The zero-order valence-corrected chi connectivity index (χ0v) is 15.2. The second-order valence-electron chi connectivity index (χ2n) is 6.56. The number of hydrogen-bond acceptors (Lipinski definition) is 5. The summed E-state index contributed by atoms with van der Waals surface area (Å²) in [6, 6.07) is 14.1. The van der Waals surface area contributed by atoms with Gasteiger partial charge in [-0.15, -0.1) is 0 Å². The first-order valence-corrected chi connectivity index (χ1v) is 8.84. The first kappa shape index (κ1) is 17.8. The van der Waals surface area contributed by atoms with Crippen LogP contribution >= 0.6 is 0 Å². The van der Waals surface area contributed by atoms with E-state index in [1.807, 2.05) is 12.1 Å². The number of amides is 2. The van der Waals surface area contributed by atoms with E-state index in [-0.39, 0.29) is 11.7 Å². The fourth-order valence-electron chi connectivity index (χ4n) is 3.34. The minimum Gasteiger partial charge on any atom is -0.453 e. The summed E-state index contributed by atoms with van der Waals surface area (Å²) in [4.78, 5) is 38.1. The minimum absolute atomic E-state index is 0.0624. The second kappa shape index (κ2) is 7.19. The summed E-state index contributed by atoms with van der Waals surface area (Å²) in [6.07, 6.45) is 0.335. The highest BCUT2D eigenvalue weighted by atomic mass is 16.5. The number of methoxy groups -OCH3 is 1. The smallest absolute Gasteiger partial charge is 0.409 e. The summed E-state index contributed by atoms with van der Waals surface area (Å²) in [5, 5.41) is 3.41. The first-order valence-electron chi connectivity index (χ1n) is 8.84. The zero-order chi connectivity index (χ0) is 19.7. The molecule has 0 spiro atoms. The topological polar surface area (TPSA) is 88.8 Å². The van der Waals surface area contributed by atoms with Crippen LogP contribution in [0, 0.1) is 0 Å². The Labute approximate surface area is 160 Å². The maximum absolute atomic E-state index is 12.6. The monoisotopic (exact) mass is 378 g/mol. The lowest BCUT2D eigenvalue weighted by Crippen LogP contribution is -2.35. The molecular formula is C21H18N2O5. The van der Waals surface area contributed by atoms with Crippen LogP contribution in [0.25, 0.3) is 11.0 Å². The van der Waals surface area contributed by atoms with E-state index in [1.54, 1.807) is 35.2 Å². The first-order chi connectivity index (χ1) is 13.5. The van der Waals surface area contributed by atoms with E-state index in [0.717, 1.165) is 11.1 Å². The quantitative estimate of drug-likeness (QED) is 0.692. The fourth-order valence-corrected chi connectivity index (χ4v) is 3.34. The van der Waals surface area contributed by atoms with Gasteiger partial charge in [0.05, 0.1) is 7.11 Å². The van der Waals surface area contributed by atoms with Crippen molar-refractivity contribution in [3.8, 4) is 0 Å². The van der Waals surface area contributed by atoms with Gasteiger partial charge in [-0.25, -0.2) is 9.59 Å². The number of nitrogens with zero attached hydrogens (tertiary/aromatic N) is 1. The molecule has 1 aliphatic heterocycles. The Kier molecular flexibility index (Phi) is 4.57. The average Bonchev–Trinajstić information content (AvgIpc) is 2.72. The Morgan fingerprint density at radius 3 is 2.75 bits per heavy atom. The van der Waals surface area contributed by atoms with Gasteiger partial charge in [-0.1, -0.05) is 24.3 Å². The minimum atomic E-state index is -0.689. The van der Waals surface area contributed by atoms with Crippen molar-refractivity contribution in [1.29, 1.82) is 0 Å². The van der Waals surface area contributed by atoms with Gasteiger partial charge in [0.1, 0.15) is 11.1 Å². The predicted molar refractivity (Wildman–Crippen MR) is 103 cm³/mol. The molecule has 1 N–H and O–H groups in total. The van der Waals surface area contributed by atoms with Gasteiger partial charge < -0.3 is 19.4 Å². The number of hydrogen-bond donors (Lipinski definition) is 1. The molecule has 28 heavy (non-hydrogen) atoms.